The third-order valence-corrected chi connectivity index (χ3v) is 3.60. The van der Waals surface area contributed by atoms with Crippen LogP contribution in [0, 0.1) is 5.82 Å². The highest BCUT2D eigenvalue weighted by atomic mass is 79.9. The van der Waals surface area contributed by atoms with Crippen LogP contribution in [0.25, 0.3) is 5.65 Å². The first kappa shape index (κ1) is 13.6. The molecule has 106 valence electrons. The van der Waals surface area contributed by atoms with Gasteiger partial charge in [0.05, 0.1) is 5.69 Å². The van der Waals surface area contributed by atoms with E-state index in [2.05, 4.69) is 26.2 Å². The molecule has 0 saturated heterocycles. The van der Waals surface area contributed by atoms with Crippen molar-refractivity contribution in [3.8, 4) is 0 Å². The summed E-state index contributed by atoms with van der Waals surface area (Å²) in [6.07, 6.45) is 1.59. The van der Waals surface area contributed by atoms with Crippen LogP contribution in [0.3, 0.4) is 0 Å². The van der Waals surface area contributed by atoms with Crippen molar-refractivity contribution < 1.29 is 14.3 Å². The molecule has 0 bridgehead atoms. The van der Waals surface area contributed by atoms with Gasteiger partial charge in [0, 0.05) is 10.7 Å². The number of anilines is 2. The summed E-state index contributed by atoms with van der Waals surface area (Å²) in [5, 5.41) is 12.1. The number of nitrogens with one attached hydrogen (secondary N) is 1. The van der Waals surface area contributed by atoms with Gasteiger partial charge in [-0.3, -0.25) is 4.40 Å². The number of fused-ring (bicyclic) bond motifs is 1. The second-order valence-electron chi connectivity index (χ2n) is 4.26. The number of pyridine rings is 1. The zero-order valence-electron chi connectivity index (χ0n) is 10.5. The van der Waals surface area contributed by atoms with Crippen molar-refractivity contribution >= 4 is 39.1 Å². The molecule has 0 atom stereocenters. The van der Waals surface area contributed by atoms with E-state index in [1.54, 1.807) is 36.5 Å². The number of aromatic carboxylic acids is 1. The Kier molecular flexibility index (Phi) is 3.34. The van der Waals surface area contributed by atoms with E-state index < -0.39 is 11.8 Å². The van der Waals surface area contributed by atoms with Gasteiger partial charge in [-0.1, -0.05) is 12.1 Å². The molecule has 0 aliphatic rings. The topological polar surface area (TPSA) is 66.6 Å². The molecule has 5 nitrogen and oxygen atoms in total. The number of nitrogens with zero attached hydrogens (tertiary/aromatic N) is 2. The Bertz CT molecular complexity index is 827. The Labute approximate surface area is 127 Å². The Morgan fingerprint density at radius 1 is 1.29 bits per heavy atom. The van der Waals surface area contributed by atoms with Crippen LogP contribution in [0.2, 0.25) is 0 Å². The lowest BCUT2D eigenvalue weighted by molar-refractivity contribution is 0.0690. The average molecular weight is 350 g/mol. The lowest BCUT2D eigenvalue weighted by Crippen LogP contribution is -2.06. The van der Waals surface area contributed by atoms with Crippen molar-refractivity contribution in [2.75, 3.05) is 5.32 Å². The maximum atomic E-state index is 13.8. The van der Waals surface area contributed by atoms with Crippen LogP contribution >= 0.6 is 15.9 Å². The van der Waals surface area contributed by atoms with E-state index in [0.717, 1.165) is 0 Å². The summed E-state index contributed by atoms with van der Waals surface area (Å²) in [5.74, 6) is -1.57. The maximum absolute atomic E-state index is 13.8. The molecule has 2 N–H and O–H groups in total. The van der Waals surface area contributed by atoms with Crippen LogP contribution in [0.4, 0.5) is 15.9 Å². The van der Waals surface area contributed by atoms with E-state index in [-0.39, 0.29) is 17.2 Å². The van der Waals surface area contributed by atoms with Crippen molar-refractivity contribution in [3.05, 3.63) is 58.6 Å². The monoisotopic (exact) mass is 349 g/mol. The second-order valence-corrected chi connectivity index (χ2v) is 5.12. The summed E-state index contributed by atoms with van der Waals surface area (Å²) in [7, 11) is 0. The summed E-state index contributed by atoms with van der Waals surface area (Å²) < 4.78 is 15.8. The van der Waals surface area contributed by atoms with Gasteiger partial charge in [0.15, 0.2) is 11.5 Å². The van der Waals surface area contributed by atoms with E-state index in [9.17, 15) is 14.3 Å². The highest BCUT2D eigenvalue weighted by Gasteiger charge is 2.20. The summed E-state index contributed by atoms with van der Waals surface area (Å²) in [5.41, 5.74) is 0.550. The predicted molar refractivity (Wildman–Crippen MR) is 79.5 cm³/mol. The van der Waals surface area contributed by atoms with Crippen molar-refractivity contribution in [1.29, 1.82) is 0 Å². The van der Waals surface area contributed by atoms with E-state index in [4.69, 9.17) is 0 Å². The Morgan fingerprint density at radius 3 is 2.81 bits per heavy atom. The van der Waals surface area contributed by atoms with Crippen LogP contribution in [0.5, 0.6) is 0 Å². The Hall–Kier alpha value is -2.41. The van der Waals surface area contributed by atoms with Gasteiger partial charge in [-0.05, 0) is 40.2 Å². The molecule has 3 rings (SSSR count). The number of para-hydroxylation sites is 1. The molecule has 0 unspecified atom stereocenters. The molecule has 0 radical (unpaired) electrons. The van der Waals surface area contributed by atoms with E-state index in [1.807, 2.05) is 0 Å². The van der Waals surface area contributed by atoms with Gasteiger partial charge in [0.25, 0.3) is 0 Å². The van der Waals surface area contributed by atoms with Gasteiger partial charge in [-0.2, -0.15) is 0 Å². The number of carboxylic acids is 1. The standard InChI is InChI=1S/C14H9BrFN3O2/c15-8-4-3-5-9(16)11(8)18-13-12(14(20)21)19-7-2-1-6-10(19)17-13/h1-7,18H,(H,20,21). The van der Waals surface area contributed by atoms with Gasteiger partial charge >= 0.3 is 5.97 Å². The van der Waals surface area contributed by atoms with Crippen LogP contribution < -0.4 is 5.32 Å². The fraction of sp³-hybridized carbons (Fsp3) is 0. The lowest BCUT2D eigenvalue weighted by Gasteiger charge is -2.08. The van der Waals surface area contributed by atoms with Gasteiger partial charge in [0.1, 0.15) is 11.5 Å². The molecule has 0 amide bonds. The largest absolute Gasteiger partial charge is 0.476 e. The fourth-order valence-corrected chi connectivity index (χ4v) is 2.46. The fourth-order valence-electron chi connectivity index (χ4n) is 2.02. The van der Waals surface area contributed by atoms with E-state index >= 15 is 0 Å². The number of aromatic nitrogens is 2. The molecular weight excluding hydrogens is 341 g/mol. The molecule has 1 aromatic carbocycles. The second kappa shape index (κ2) is 5.17. The van der Waals surface area contributed by atoms with Crippen molar-refractivity contribution in [1.82, 2.24) is 9.38 Å². The molecule has 0 spiro atoms. The number of carboxylic acid groups (broad SMARTS) is 1. The van der Waals surface area contributed by atoms with Gasteiger partial charge < -0.3 is 10.4 Å². The lowest BCUT2D eigenvalue weighted by atomic mass is 10.3. The predicted octanol–water partition coefficient (Wildman–Crippen LogP) is 3.68. The highest BCUT2D eigenvalue weighted by Crippen LogP contribution is 2.30. The molecule has 7 heteroatoms. The number of carbonyl (C=O) groups is 1. The molecule has 0 aliphatic heterocycles. The number of hydrogen-bond acceptors (Lipinski definition) is 3. The molecule has 2 heterocycles. The van der Waals surface area contributed by atoms with Crippen LogP contribution in [-0.4, -0.2) is 20.5 Å². The van der Waals surface area contributed by atoms with Crippen LogP contribution in [-0.2, 0) is 0 Å². The molecule has 3 aromatic rings. The minimum atomic E-state index is -1.15. The number of halogens is 2. The summed E-state index contributed by atoms with van der Waals surface area (Å²) in [6.45, 7) is 0. The third kappa shape index (κ3) is 2.36. The SMILES string of the molecule is O=C(O)c1c(Nc2c(F)cccc2Br)nc2ccccn12. The third-order valence-electron chi connectivity index (χ3n) is 2.94. The van der Waals surface area contributed by atoms with Gasteiger partial charge in [0.2, 0.25) is 0 Å². The van der Waals surface area contributed by atoms with Gasteiger partial charge in [-0.25, -0.2) is 14.2 Å². The number of hydrogen-bond donors (Lipinski definition) is 2. The maximum Gasteiger partial charge on any atom is 0.356 e. The van der Waals surface area contributed by atoms with Crippen LogP contribution in [0.15, 0.2) is 47.1 Å². The smallest absolute Gasteiger partial charge is 0.356 e. The zero-order valence-corrected chi connectivity index (χ0v) is 12.1. The average Bonchev–Trinajstić information content (AvgIpc) is 2.81. The normalized spacial score (nSPS) is 10.8. The molecule has 0 saturated carbocycles. The quantitative estimate of drug-likeness (QED) is 0.756. The van der Waals surface area contributed by atoms with Crippen molar-refractivity contribution in [2.24, 2.45) is 0 Å². The number of rotatable bonds is 3. The van der Waals surface area contributed by atoms with Gasteiger partial charge in [-0.15, -0.1) is 0 Å². The van der Waals surface area contributed by atoms with E-state index in [1.165, 1.54) is 10.5 Å². The first-order valence-corrected chi connectivity index (χ1v) is 6.78. The first-order chi connectivity index (χ1) is 10.1. The van der Waals surface area contributed by atoms with Crippen LogP contribution in [0.1, 0.15) is 10.5 Å². The van der Waals surface area contributed by atoms with Crippen molar-refractivity contribution in [3.63, 3.8) is 0 Å². The number of imidazole rings is 1. The minimum Gasteiger partial charge on any atom is -0.476 e. The highest BCUT2D eigenvalue weighted by molar-refractivity contribution is 9.10. The summed E-state index contributed by atoms with van der Waals surface area (Å²) >= 11 is 3.23. The Balaban J connectivity index is 2.17. The Morgan fingerprint density at radius 2 is 2.10 bits per heavy atom. The van der Waals surface area contributed by atoms with Crippen molar-refractivity contribution in [2.45, 2.75) is 0 Å². The molecule has 2 aromatic heterocycles. The molecule has 0 fully saturated rings. The summed E-state index contributed by atoms with van der Waals surface area (Å²) in [4.78, 5) is 15.6. The first-order valence-electron chi connectivity index (χ1n) is 5.99. The minimum absolute atomic E-state index is 0.0549. The molecule has 21 heavy (non-hydrogen) atoms. The number of benzene rings is 1. The molecule has 0 aliphatic carbocycles. The summed E-state index contributed by atoms with van der Waals surface area (Å²) in [6, 6.07) is 9.60. The van der Waals surface area contributed by atoms with E-state index in [0.29, 0.717) is 10.1 Å². The molecular formula is C14H9BrFN3O2. The zero-order chi connectivity index (χ0) is 15.0.